The third-order valence-electron chi connectivity index (χ3n) is 4.97. The zero-order valence-corrected chi connectivity index (χ0v) is 14.7. The summed E-state index contributed by atoms with van der Waals surface area (Å²) in [6, 6.07) is 8.06. The van der Waals surface area contributed by atoms with Gasteiger partial charge in [-0.2, -0.15) is 5.10 Å². The van der Waals surface area contributed by atoms with Gasteiger partial charge >= 0.3 is 0 Å². The van der Waals surface area contributed by atoms with Crippen molar-refractivity contribution < 1.29 is 0 Å². The number of hydrogen-bond acceptors (Lipinski definition) is 6. The number of aromatic nitrogens is 2. The predicted molar refractivity (Wildman–Crippen MR) is 106 cm³/mol. The molecule has 1 atom stereocenters. The van der Waals surface area contributed by atoms with Crippen molar-refractivity contribution in [3.8, 4) is 0 Å². The van der Waals surface area contributed by atoms with E-state index in [1.165, 1.54) is 11.1 Å². The topological polar surface area (TPSA) is 66.1 Å². The van der Waals surface area contributed by atoms with Crippen molar-refractivity contribution >= 4 is 24.5 Å². The first-order valence-electron chi connectivity index (χ1n) is 9.08. The van der Waals surface area contributed by atoms with Crippen molar-refractivity contribution in [2.75, 3.05) is 0 Å². The predicted octanol–water partition coefficient (Wildman–Crippen LogP) is 3.78. The highest BCUT2D eigenvalue weighted by Crippen LogP contribution is 2.44. The number of fused-ring (bicyclic) bond motifs is 1. The lowest BCUT2D eigenvalue weighted by molar-refractivity contribution is 0.345. The van der Waals surface area contributed by atoms with E-state index in [0.29, 0.717) is 5.96 Å². The molecule has 0 spiro atoms. The molecule has 2 aliphatic heterocycles. The van der Waals surface area contributed by atoms with Crippen LogP contribution >= 0.6 is 0 Å². The second-order valence-electron chi connectivity index (χ2n) is 6.67. The quantitative estimate of drug-likeness (QED) is 0.824. The van der Waals surface area contributed by atoms with Crippen molar-refractivity contribution in [1.29, 1.82) is 0 Å². The van der Waals surface area contributed by atoms with Crippen LogP contribution in [0.3, 0.4) is 0 Å². The zero-order chi connectivity index (χ0) is 18.1. The maximum absolute atomic E-state index is 4.88. The largest absolute Gasteiger partial charge is 0.264 e. The Morgan fingerprint density at radius 3 is 2.70 bits per heavy atom. The molecule has 2 aromatic heterocycles. The van der Waals surface area contributed by atoms with Gasteiger partial charge in [0.05, 0.1) is 18.1 Å². The number of rotatable bonds is 2. The Bertz CT molecular complexity index is 1000. The summed E-state index contributed by atoms with van der Waals surface area (Å²) in [5, 5.41) is 6.45. The van der Waals surface area contributed by atoms with Crippen molar-refractivity contribution in [3.05, 3.63) is 77.0 Å². The molecule has 0 bridgehead atoms. The first-order valence-corrected chi connectivity index (χ1v) is 9.08. The second kappa shape index (κ2) is 6.72. The number of hydrazone groups is 1. The number of guanidine groups is 1. The van der Waals surface area contributed by atoms with E-state index in [-0.39, 0.29) is 6.04 Å². The molecule has 0 amide bonds. The lowest BCUT2D eigenvalue weighted by atomic mass is 9.84. The van der Waals surface area contributed by atoms with Crippen LogP contribution in [-0.2, 0) is 0 Å². The summed E-state index contributed by atoms with van der Waals surface area (Å²) < 4.78 is 0. The molecule has 6 nitrogen and oxygen atoms in total. The van der Waals surface area contributed by atoms with E-state index in [4.69, 9.17) is 4.99 Å². The molecule has 132 valence electrons. The molecule has 0 radical (unpaired) electrons. The Hall–Kier alpha value is -3.41. The molecule has 0 saturated heterocycles. The van der Waals surface area contributed by atoms with Gasteiger partial charge < -0.3 is 0 Å². The van der Waals surface area contributed by atoms with Crippen LogP contribution in [0.5, 0.6) is 0 Å². The maximum atomic E-state index is 4.88. The van der Waals surface area contributed by atoms with Crippen LogP contribution in [-0.4, -0.2) is 33.4 Å². The Morgan fingerprint density at radius 1 is 1.00 bits per heavy atom. The molecule has 1 unspecified atom stereocenters. The van der Waals surface area contributed by atoms with Crippen molar-refractivity contribution in [2.45, 2.75) is 25.3 Å². The number of aliphatic imine (C=N–C) groups is 2. The molecular weight excluding hydrogens is 336 g/mol. The normalized spacial score (nSPS) is 22.5. The summed E-state index contributed by atoms with van der Waals surface area (Å²) >= 11 is 0. The number of nitrogens with zero attached hydrogens (tertiary/aromatic N) is 6. The average molecular weight is 354 g/mol. The van der Waals surface area contributed by atoms with E-state index in [1.807, 2.05) is 29.5 Å². The van der Waals surface area contributed by atoms with Gasteiger partial charge in [0.25, 0.3) is 0 Å². The van der Waals surface area contributed by atoms with Crippen LogP contribution in [0.4, 0.5) is 0 Å². The van der Waals surface area contributed by atoms with Crippen LogP contribution in [0, 0.1) is 0 Å². The summed E-state index contributed by atoms with van der Waals surface area (Å²) in [5.74, 6) is 0.629. The Kier molecular flexibility index (Phi) is 3.93. The van der Waals surface area contributed by atoms with E-state index >= 15 is 0 Å². The van der Waals surface area contributed by atoms with Crippen molar-refractivity contribution in [1.82, 2.24) is 15.0 Å². The van der Waals surface area contributed by atoms with Gasteiger partial charge in [0.2, 0.25) is 5.96 Å². The Morgan fingerprint density at radius 2 is 1.89 bits per heavy atom. The lowest BCUT2D eigenvalue weighted by Crippen LogP contribution is -2.37. The molecule has 4 heterocycles. The summed E-state index contributed by atoms with van der Waals surface area (Å²) in [6.07, 6.45) is 16.0. The lowest BCUT2D eigenvalue weighted by Gasteiger charge is -2.37. The van der Waals surface area contributed by atoms with Gasteiger partial charge in [-0.15, -0.1) is 0 Å². The highest BCUT2D eigenvalue weighted by atomic mass is 15.5. The van der Waals surface area contributed by atoms with Crippen LogP contribution in [0.25, 0.3) is 6.08 Å². The molecule has 0 fully saturated rings. The number of allylic oxidation sites excluding steroid dienone is 1. The molecule has 27 heavy (non-hydrogen) atoms. The van der Waals surface area contributed by atoms with Gasteiger partial charge in [0, 0.05) is 24.8 Å². The summed E-state index contributed by atoms with van der Waals surface area (Å²) in [4.78, 5) is 17.9. The zero-order valence-electron chi connectivity index (χ0n) is 14.7. The van der Waals surface area contributed by atoms with Gasteiger partial charge in [0.1, 0.15) is 6.04 Å². The SMILES string of the molecule is C1=NC2=NC3=C(CCC/C3=C\c3cccnc3)C(c3cccnc3)N2N=C1. The van der Waals surface area contributed by atoms with Crippen LogP contribution in [0.15, 0.2) is 81.0 Å². The molecule has 3 aliphatic rings. The number of hydrogen-bond donors (Lipinski definition) is 0. The van der Waals surface area contributed by atoms with Gasteiger partial charge in [-0.05, 0) is 59.7 Å². The second-order valence-corrected chi connectivity index (χ2v) is 6.67. The fourth-order valence-corrected chi connectivity index (χ4v) is 3.83. The summed E-state index contributed by atoms with van der Waals surface area (Å²) in [5.41, 5.74) is 5.75. The third-order valence-corrected chi connectivity index (χ3v) is 4.97. The van der Waals surface area contributed by atoms with E-state index in [2.05, 4.69) is 38.3 Å². The van der Waals surface area contributed by atoms with E-state index in [9.17, 15) is 0 Å². The highest BCUT2D eigenvalue weighted by molar-refractivity contribution is 6.20. The van der Waals surface area contributed by atoms with E-state index < -0.39 is 0 Å². The minimum Gasteiger partial charge on any atom is -0.264 e. The fourth-order valence-electron chi connectivity index (χ4n) is 3.83. The molecule has 5 rings (SSSR count). The monoisotopic (exact) mass is 354 g/mol. The van der Waals surface area contributed by atoms with Gasteiger partial charge in [0.15, 0.2) is 0 Å². The Labute approximate surface area is 157 Å². The van der Waals surface area contributed by atoms with Crippen molar-refractivity contribution in [3.63, 3.8) is 0 Å². The molecule has 0 aromatic carbocycles. The first-order chi connectivity index (χ1) is 13.4. The fraction of sp³-hybridized carbons (Fsp3) is 0.190. The molecule has 0 saturated carbocycles. The smallest absolute Gasteiger partial charge is 0.247 e. The molecule has 2 aromatic rings. The maximum Gasteiger partial charge on any atom is 0.247 e. The standard InChI is InChI=1S/C21H18N6/c1-5-16(12-15-4-2-8-22-13-15)19-18(7-1)20(17-6-3-9-23-14-17)27-21(26-19)24-10-11-25-27/h2-4,6,8-14,20H,1,5,7H2/b16-12+. The first kappa shape index (κ1) is 15.8. The molecule has 6 heteroatoms. The average Bonchev–Trinajstić information content (AvgIpc) is 2.74. The summed E-state index contributed by atoms with van der Waals surface area (Å²) in [6.45, 7) is 0. The minimum absolute atomic E-state index is 0.0208. The van der Waals surface area contributed by atoms with Crippen LogP contribution in [0.1, 0.15) is 36.4 Å². The minimum atomic E-state index is -0.0208. The number of pyridine rings is 2. The van der Waals surface area contributed by atoms with Crippen LogP contribution < -0.4 is 0 Å². The van der Waals surface area contributed by atoms with E-state index in [1.54, 1.807) is 24.8 Å². The third kappa shape index (κ3) is 2.89. The van der Waals surface area contributed by atoms with Gasteiger partial charge in [-0.1, -0.05) is 12.1 Å². The highest BCUT2D eigenvalue weighted by Gasteiger charge is 2.36. The van der Waals surface area contributed by atoms with E-state index in [0.717, 1.165) is 36.1 Å². The van der Waals surface area contributed by atoms with Gasteiger partial charge in [-0.3, -0.25) is 9.97 Å². The van der Waals surface area contributed by atoms with Crippen molar-refractivity contribution in [2.24, 2.45) is 15.1 Å². The van der Waals surface area contributed by atoms with Gasteiger partial charge in [-0.25, -0.2) is 15.0 Å². The Balaban J connectivity index is 1.66. The molecule has 0 N–H and O–H groups in total. The van der Waals surface area contributed by atoms with Crippen LogP contribution in [0.2, 0.25) is 0 Å². The molecular formula is C21H18N6. The molecule has 1 aliphatic carbocycles. The summed E-state index contributed by atoms with van der Waals surface area (Å²) in [7, 11) is 0.